The van der Waals surface area contributed by atoms with Crippen LogP contribution < -0.4 is 5.32 Å². The second-order valence-corrected chi connectivity index (χ2v) is 6.79. The molecule has 0 aliphatic heterocycles. The Morgan fingerprint density at radius 3 is 2.57 bits per heavy atom. The minimum absolute atomic E-state index is 0.0237. The van der Waals surface area contributed by atoms with Crippen LogP contribution in [0.4, 0.5) is 5.95 Å². The SMILES string of the molecule is CC(C)Cn1ccnc1NC(C)(C)CCc1ccccc1. The molecule has 0 amide bonds. The van der Waals surface area contributed by atoms with E-state index in [0.29, 0.717) is 5.92 Å². The van der Waals surface area contributed by atoms with Crippen molar-refractivity contribution in [3.63, 3.8) is 0 Å². The summed E-state index contributed by atoms with van der Waals surface area (Å²) in [7, 11) is 0. The molecule has 1 N–H and O–H groups in total. The molecule has 0 saturated heterocycles. The number of imidazole rings is 1. The van der Waals surface area contributed by atoms with Gasteiger partial charge in [-0.05, 0) is 38.2 Å². The number of nitrogens with one attached hydrogen (secondary N) is 1. The summed E-state index contributed by atoms with van der Waals surface area (Å²) in [4.78, 5) is 4.46. The molecule has 0 unspecified atom stereocenters. The highest BCUT2D eigenvalue weighted by Crippen LogP contribution is 2.20. The molecule has 0 fully saturated rings. The average molecular weight is 285 g/mol. The van der Waals surface area contributed by atoms with Gasteiger partial charge in [0.1, 0.15) is 0 Å². The van der Waals surface area contributed by atoms with Gasteiger partial charge in [0.15, 0.2) is 0 Å². The monoisotopic (exact) mass is 285 g/mol. The topological polar surface area (TPSA) is 29.9 Å². The van der Waals surface area contributed by atoms with Crippen molar-refractivity contribution in [1.29, 1.82) is 0 Å². The molecule has 0 aliphatic carbocycles. The van der Waals surface area contributed by atoms with Gasteiger partial charge in [0.2, 0.25) is 5.95 Å². The molecule has 3 heteroatoms. The summed E-state index contributed by atoms with van der Waals surface area (Å²) < 4.78 is 2.20. The van der Waals surface area contributed by atoms with Gasteiger partial charge in [-0.15, -0.1) is 0 Å². The van der Waals surface area contributed by atoms with Crippen LogP contribution in [0, 0.1) is 5.92 Å². The minimum Gasteiger partial charge on any atom is -0.351 e. The van der Waals surface area contributed by atoms with Crippen LogP contribution >= 0.6 is 0 Å². The summed E-state index contributed by atoms with van der Waals surface area (Å²) in [6, 6.07) is 10.7. The van der Waals surface area contributed by atoms with Crippen molar-refractivity contribution in [3.8, 4) is 0 Å². The zero-order valence-electron chi connectivity index (χ0n) is 13.6. The molecule has 2 aromatic rings. The predicted molar refractivity (Wildman–Crippen MR) is 89.5 cm³/mol. The molecule has 0 saturated carbocycles. The summed E-state index contributed by atoms with van der Waals surface area (Å²) in [6.07, 6.45) is 6.07. The molecule has 21 heavy (non-hydrogen) atoms. The number of nitrogens with zero attached hydrogens (tertiary/aromatic N) is 2. The van der Waals surface area contributed by atoms with Crippen LogP contribution in [0.2, 0.25) is 0 Å². The lowest BCUT2D eigenvalue weighted by atomic mass is 9.95. The average Bonchev–Trinajstić information content (AvgIpc) is 2.83. The molecule has 2 rings (SSSR count). The maximum Gasteiger partial charge on any atom is 0.203 e. The Morgan fingerprint density at radius 2 is 1.90 bits per heavy atom. The van der Waals surface area contributed by atoms with E-state index >= 15 is 0 Å². The lowest BCUT2D eigenvalue weighted by Gasteiger charge is -2.27. The standard InChI is InChI=1S/C18H27N3/c1-15(2)14-21-13-12-19-17(21)20-18(3,4)11-10-16-8-6-5-7-9-16/h5-9,12-13,15H,10-11,14H2,1-4H3,(H,19,20). The molecule has 1 aromatic heterocycles. The Kier molecular flexibility index (Phi) is 5.05. The largest absolute Gasteiger partial charge is 0.351 e. The van der Waals surface area contributed by atoms with Crippen LogP contribution in [0.15, 0.2) is 42.7 Å². The lowest BCUT2D eigenvalue weighted by Crippen LogP contribution is -2.33. The third-order valence-electron chi connectivity index (χ3n) is 3.61. The van der Waals surface area contributed by atoms with E-state index in [9.17, 15) is 0 Å². The van der Waals surface area contributed by atoms with Crippen molar-refractivity contribution in [2.24, 2.45) is 5.92 Å². The lowest BCUT2D eigenvalue weighted by molar-refractivity contribution is 0.490. The predicted octanol–water partition coefficient (Wildman–Crippen LogP) is 4.36. The molecule has 1 aromatic carbocycles. The summed E-state index contributed by atoms with van der Waals surface area (Å²) in [5.74, 6) is 1.59. The van der Waals surface area contributed by atoms with Crippen molar-refractivity contribution >= 4 is 5.95 Å². The van der Waals surface area contributed by atoms with Crippen LogP contribution in [-0.4, -0.2) is 15.1 Å². The number of rotatable bonds is 7. The highest BCUT2D eigenvalue weighted by atomic mass is 15.2. The fraction of sp³-hybridized carbons (Fsp3) is 0.500. The second kappa shape index (κ2) is 6.79. The molecular weight excluding hydrogens is 258 g/mol. The van der Waals surface area contributed by atoms with Crippen molar-refractivity contribution in [1.82, 2.24) is 9.55 Å². The van der Waals surface area contributed by atoms with Gasteiger partial charge in [0.25, 0.3) is 0 Å². The Bertz CT molecular complexity index is 541. The van der Waals surface area contributed by atoms with Gasteiger partial charge in [-0.25, -0.2) is 4.98 Å². The second-order valence-electron chi connectivity index (χ2n) is 6.79. The third-order valence-corrected chi connectivity index (χ3v) is 3.61. The number of aromatic nitrogens is 2. The first-order chi connectivity index (χ1) is 9.96. The summed E-state index contributed by atoms with van der Waals surface area (Å²) in [6.45, 7) is 9.93. The molecule has 0 spiro atoms. The molecule has 0 radical (unpaired) electrons. The van der Waals surface area contributed by atoms with Crippen LogP contribution in [0.25, 0.3) is 0 Å². The van der Waals surface area contributed by atoms with Crippen molar-refractivity contribution < 1.29 is 0 Å². The highest BCUT2D eigenvalue weighted by molar-refractivity contribution is 5.30. The Labute approximate surface area is 128 Å². The summed E-state index contributed by atoms with van der Waals surface area (Å²) >= 11 is 0. The Morgan fingerprint density at radius 1 is 1.19 bits per heavy atom. The van der Waals surface area contributed by atoms with E-state index in [2.05, 4.69) is 79.1 Å². The van der Waals surface area contributed by atoms with Crippen LogP contribution in [-0.2, 0) is 13.0 Å². The van der Waals surface area contributed by atoms with Gasteiger partial charge in [0, 0.05) is 24.5 Å². The van der Waals surface area contributed by atoms with Gasteiger partial charge < -0.3 is 9.88 Å². The fourth-order valence-electron chi connectivity index (χ4n) is 2.44. The van der Waals surface area contributed by atoms with Gasteiger partial charge in [0.05, 0.1) is 0 Å². The number of hydrogen-bond acceptors (Lipinski definition) is 2. The zero-order chi connectivity index (χ0) is 15.3. The first-order valence-corrected chi connectivity index (χ1v) is 7.79. The van der Waals surface area contributed by atoms with E-state index < -0.39 is 0 Å². The first kappa shape index (κ1) is 15.6. The first-order valence-electron chi connectivity index (χ1n) is 7.79. The van der Waals surface area contributed by atoms with Crippen LogP contribution in [0.5, 0.6) is 0 Å². The number of anilines is 1. The minimum atomic E-state index is 0.0237. The van der Waals surface area contributed by atoms with Gasteiger partial charge >= 0.3 is 0 Å². The van der Waals surface area contributed by atoms with Crippen molar-refractivity contribution in [3.05, 3.63) is 48.3 Å². The number of hydrogen-bond donors (Lipinski definition) is 1. The van der Waals surface area contributed by atoms with Gasteiger partial charge in [-0.3, -0.25) is 0 Å². The quantitative estimate of drug-likeness (QED) is 0.819. The van der Waals surface area contributed by atoms with E-state index in [1.165, 1.54) is 5.56 Å². The highest BCUT2D eigenvalue weighted by Gasteiger charge is 2.19. The van der Waals surface area contributed by atoms with Gasteiger partial charge in [-0.2, -0.15) is 0 Å². The molecule has 0 aliphatic rings. The maximum atomic E-state index is 4.46. The molecule has 0 bridgehead atoms. The number of benzene rings is 1. The summed E-state index contributed by atoms with van der Waals surface area (Å²) in [5, 5.41) is 3.59. The van der Waals surface area contributed by atoms with Crippen LogP contribution in [0.3, 0.4) is 0 Å². The van der Waals surface area contributed by atoms with E-state index in [1.54, 1.807) is 0 Å². The number of aryl methyl sites for hydroxylation is 1. The zero-order valence-corrected chi connectivity index (χ0v) is 13.6. The van der Waals surface area contributed by atoms with E-state index in [-0.39, 0.29) is 5.54 Å². The fourth-order valence-corrected chi connectivity index (χ4v) is 2.44. The van der Waals surface area contributed by atoms with E-state index in [4.69, 9.17) is 0 Å². The molecule has 114 valence electrons. The molecule has 3 nitrogen and oxygen atoms in total. The van der Waals surface area contributed by atoms with E-state index in [1.807, 2.05) is 6.20 Å². The molecule has 0 atom stereocenters. The Hall–Kier alpha value is -1.77. The van der Waals surface area contributed by atoms with E-state index in [0.717, 1.165) is 25.3 Å². The van der Waals surface area contributed by atoms with Crippen LogP contribution in [0.1, 0.15) is 39.7 Å². The molecule has 1 heterocycles. The summed E-state index contributed by atoms with van der Waals surface area (Å²) in [5.41, 5.74) is 1.41. The van der Waals surface area contributed by atoms with Gasteiger partial charge in [-0.1, -0.05) is 44.2 Å². The molecular formula is C18H27N3. The maximum absolute atomic E-state index is 4.46. The Balaban J connectivity index is 1.96. The smallest absolute Gasteiger partial charge is 0.203 e. The van der Waals surface area contributed by atoms with Crippen molar-refractivity contribution in [2.75, 3.05) is 5.32 Å². The normalized spacial score (nSPS) is 11.9. The third kappa shape index (κ3) is 4.92. The van der Waals surface area contributed by atoms with Crippen molar-refractivity contribution in [2.45, 2.75) is 52.6 Å².